The van der Waals surface area contributed by atoms with E-state index < -0.39 is 0 Å². The Labute approximate surface area is 126 Å². The fourth-order valence-electron chi connectivity index (χ4n) is 4.23. The maximum absolute atomic E-state index is 3.85. The van der Waals surface area contributed by atoms with E-state index in [1.54, 1.807) is 0 Å². The molecule has 0 bridgehead atoms. The van der Waals surface area contributed by atoms with Gasteiger partial charge in [-0.1, -0.05) is 33.1 Å². The molecule has 1 saturated heterocycles. The van der Waals surface area contributed by atoms with E-state index in [1.807, 2.05) is 0 Å². The standard InChI is InChI=1S/C18H36N2/c1-4-11-19-18-9-7-5-6-8-17(18)14-20-12-10-15(2)13-16(20)3/h15-19H,4-14H2,1-3H3. The smallest absolute Gasteiger partial charge is 0.0107 e. The Morgan fingerprint density at radius 1 is 1.05 bits per heavy atom. The number of hydrogen-bond acceptors (Lipinski definition) is 2. The zero-order chi connectivity index (χ0) is 14.4. The van der Waals surface area contributed by atoms with Crippen molar-refractivity contribution in [3.63, 3.8) is 0 Å². The maximum Gasteiger partial charge on any atom is 0.0107 e. The van der Waals surface area contributed by atoms with Crippen LogP contribution in [0.15, 0.2) is 0 Å². The largest absolute Gasteiger partial charge is 0.314 e. The highest BCUT2D eigenvalue weighted by molar-refractivity contribution is 4.85. The molecule has 4 atom stereocenters. The molecule has 0 aromatic heterocycles. The van der Waals surface area contributed by atoms with Crippen molar-refractivity contribution < 1.29 is 0 Å². The van der Waals surface area contributed by atoms with Crippen LogP contribution < -0.4 is 5.32 Å². The fraction of sp³-hybridized carbons (Fsp3) is 1.00. The third-order valence-electron chi connectivity index (χ3n) is 5.56. The molecule has 2 fully saturated rings. The van der Waals surface area contributed by atoms with E-state index in [9.17, 15) is 0 Å². The molecule has 2 nitrogen and oxygen atoms in total. The summed E-state index contributed by atoms with van der Waals surface area (Å²) >= 11 is 0. The van der Waals surface area contributed by atoms with Crippen LogP contribution in [-0.4, -0.2) is 36.6 Å². The molecule has 2 heteroatoms. The number of likely N-dealkylation sites (tertiary alicyclic amines) is 1. The second-order valence-electron chi connectivity index (χ2n) is 7.43. The lowest BCUT2D eigenvalue weighted by Crippen LogP contribution is -2.47. The number of nitrogens with one attached hydrogen (secondary N) is 1. The van der Waals surface area contributed by atoms with Crippen molar-refractivity contribution in [3.8, 4) is 0 Å². The lowest BCUT2D eigenvalue weighted by molar-refractivity contribution is 0.0972. The van der Waals surface area contributed by atoms with Crippen LogP contribution in [0.3, 0.4) is 0 Å². The summed E-state index contributed by atoms with van der Waals surface area (Å²) in [7, 11) is 0. The van der Waals surface area contributed by atoms with Crippen LogP contribution in [0.25, 0.3) is 0 Å². The highest BCUT2D eigenvalue weighted by Gasteiger charge is 2.29. The summed E-state index contributed by atoms with van der Waals surface area (Å²) in [5, 5.41) is 3.85. The lowest BCUT2D eigenvalue weighted by atomic mass is 9.89. The average molecular weight is 280 g/mol. The van der Waals surface area contributed by atoms with Crippen molar-refractivity contribution in [1.82, 2.24) is 10.2 Å². The first-order valence-corrected chi connectivity index (χ1v) is 9.18. The van der Waals surface area contributed by atoms with Crippen LogP contribution in [0.4, 0.5) is 0 Å². The number of piperidine rings is 1. The predicted octanol–water partition coefficient (Wildman–Crippen LogP) is 4.06. The van der Waals surface area contributed by atoms with Crippen molar-refractivity contribution in [2.75, 3.05) is 19.6 Å². The summed E-state index contributed by atoms with van der Waals surface area (Å²) in [6.07, 6.45) is 11.3. The van der Waals surface area contributed by atoms with Crippen LogP contribution >= 0.6 is 0 Å². The molecular weight excluding hydrogens is 244 g/mol. The Kier molecular flexibility index (Phi) is 6.83. The predicted molar refractivity (Wildman–Crippen MR) is 88.1 cm³/mol. The molecule has 1 aliphatic carbocycles. The Hall–Kier alpha value is -0.0800. The van der Waals surface area contributed by atoms with Crippen molar-refractivity contribution in [3.05, 3.63) is 0 Å². The van der Waals surface area contributed by atoms with Gasteiger partial charge in [0, 0.05) is 18.6 Å². The average Bonchev–Trinajstić information content (AvgIpc) is 2.65. The molecule has 0 aromatic rings. The van der Waals surface area contributed by atoms with E-state index in [-0.39, 0.29) is 0 Å². The van der Waals surface area contributed by atoms with Crippen LogP contribution in [0.5, 0.6) is 0 Å². The molecule has 1 aliphatic heterocycles. The summed E-state index contributed by atoms with van der Waals surface area (Å²) in [5.74, 6) is 1.82. The third kappa shape index (κ3) is 4.73. The van der Waals surface area contributed by atoms with Gasteiger partial charge in [-0.25, -0.2) is 0 Å². The molecule has 0 radical (unpaired) electrons. The first kappa shape index (κ1) is 16.3. The molecule has 1 saturated carbocycles. The molecule has 0 amide bonds. The van der Waals surface area contributed by atoms with Gasteiger partial charge in [0.2, 0.25) is 0 Å². The minimum Gasteiger partial charge on any atom is -0.314 e. The monoisotopic (exact) mass is 280 g/mol. The van der Waals surface area contributed by atoms with Crippen LogP contribution in [0.1, 0.15) is 72.1 Å². The summed E-state index contributed by atoms with van der Waals surface area (Å²) in [6, 6.07) is 1.58. The normalized spacial score (nSPS) is 36.8. The maximum atomic E-state index is 3.85. The highest BCUT2D eigenvalue weighted by atomic mass is 15.2. The zero-order valence-electron chi connectivity index (χ0n) is 14.0. The van der Waals surface area contributed by atoms with Crippen molar-refractivity contribution >= 4 is 0 Å². The van der Waals surface area contributed by atoms with Gasteiger partial charge < -0.3 is 10.2 Å². The number of hydrogen-bond donors (Lipinski definition) is 1. The van der Waals surface area contributed by atoms with Gasteiger partial charge in [0.1, 0.15) is 0 Å². The summed E-state index contributed by atoms with van der Waals surface area (Å²) in [4.78, 5) is 2.79. The molecule has 0 spiro atoms. The van der Waals surface area contributed by atoms with Gasteiger partial charge >= 0.3 is 0 Å². The molecule has 4 unspecified atom stereocenters. The minimum atomic E-state index is 0.781. The van der Waals surface area contributed by atoms with Crippen molar-refractivity contribution in [2.24, 2.45) is 11.8 Å². The van der Waals surface area contributed by atoms with Gasteiger partial charge in [0.05, 0.1) is 0 Å². The Balaban J connectivity index is 1.89. The highest BCUT2D eigenvalue weighted by Crippen LogP contribution is 2.28. The zero-order valence-corrected chi connectivity index (χ0v) is 14.0. The molecule has 1 N–H and O–H groups in total. The SMILES string of the molecule is CCCNC1CCCCCC1CN1CCC(C)CC1C. The van der Waals surface area contributed by atoms with E-state index in [2.05, 4.69) is 31.0 Å². The van der Waals surface area contributed by atoms with Gasteiger partial charge in [0.25, 0.3) is 0 Å². The Morgan fingerprint density at radius 2 is 1.85 bits per heavy atom. The number of rotatable bonds is 5. The molecule has 2 aliphatic rings. The molecule has 118 valence electrons. The van der Waals surface area contributed by atoms with E-state index in [0.717, 1.165) is 23.9 Å². The van der Waals surface area contributed by atoms with Crippen LogP contribution in [0.2, 0.25) is 0 Å². The first-order valence-electron chi connectivity index (χ1n) is 9.18. The molecule has 20 heavy (non-hydrogen) atoms. The van der Waals surface area contributed by atoms with E-state index in [0.29, 0.717) is 0 Å². The second-order valence-corrected chi connectivity index (χ2v) is 7.43. The van der Waals surface area contributed by atoms with Gasteiger partial charge in [-0.05, 0) is 64.0 Å². The van der Waals surface area contributed by atoms with E-state index in [1.165, 1.54) is 71.0 Å². The van der Waals surface area contributed by atoms with Crippen LogP contribution in [0, 0.1) is 11.8 Å². The minimum absolute atomic E-state index is 0.781. The van der Waals surface area contributed by atoms with Gasteiger partial charge in [-0.15, -0.1) is 0 Å². The molecule has 1 heterocycles. The quantitative estimate of drug-likeness (QED) is 0.764. The van der Waals surface area contributed by atoms with Gasteiger partial charge in [-0.2, -0.15) is 0 Å². The summed E-state index contributed by atoms with van der Waals surface area (Å²) in [6.45, 7) is 11.0. The summed E-state index contributed by atoms with van der Waals surface area (Å²) in [5.41, 5.74) is 0. The Morgan fingerprint density at radius 3 is 2.60 bits per heavy atom. The van der Waals surface area contributed by atoms with Crippen molar-refractivity contribution in [2.45, 2.75) is 84.2 Å². The summed E-state index contributed by atoms with van der Waals surface area (Å²) < 4.78 is 0. The third-order valence-corrected chi connectivity index (χ3v) is 5.56. The number of nitrogens with zero attached hydrogens (tertiary/aromatic N) is 1. The van der Waals surface area contributed by atoms with Crippen LogP contribution in [-0.2, 0) is 0 Å². The molecule has 0 aromatic carbocycles. The lowest BCUT2D eigenvalue weighted by Gasteiger charge is -2.40. The second kappa shape index (κ2) is 8.38. The fourth-order valence-corrected chi connectivity index (χ4v) is 4.23. The Bertz CT molecular complexity index is 266. The van der Waals surface area contributed by atoms with Crippen molar-refractivity contribution in [1.29, 1.82) is 0 Å². The first-order chi connectivity index (χ1) is 9.70. The van der Waals surface area contributed by atoms with E-state index in [4.69, 9.17) is 0 Å². The topological polar surface area (TPSA) is 15.3 Å². The van der Waals surface area contributed by atoms with Gasteiger partial charge in [-0.3, -0.25) is 0 Å². The molecular formula is C18H36N2. The van der Waals surface area contributed by atoms with E-state index >= 15 is 0 Å². The van der Waals surface area contributed by atoms with Gasteiger partial charge in [0.15, 0.2) is 0 Å². The molecule has 2 rings (SSSR count).